The Morgan fingerprint density at radius 2 is 2.08 bits per heavy atom. The number of likely N-dealkylation sites (tertiary alicyclic amines) is 1. The number of rotatable bonds is 4. The second-order valence-electron chi connectivity index (χ2n) is 7.00. The van der Waals surface area contributed by atoms with Crippen molar-refractivity contribution >= 4 is 11.8 Å². The summed E-state index contributed by atoms with van der Waals surface area (Å²) in [7, 11) is 2.03. The van der Waals surface area contributed by atoms with E-state index in [1.54, 1.807) is 9.80 Å². The molecular formula is C17H28N6O2. The molecular weight excluding hydrogens is 320 g/mol. The molecule has 0 unspecified atom stereocenters. The van der Waals surface area contributed by atoms with Crippen LogP contribution < -0.4 is 5.73 Å². The van der Waals surface area contributed by atoms with Crippen molar-refractivity contribution in [2.45, 2.75) is 45.3 Å². The van der Waals surface area contributed by atoms with Crippen molar-refractivity contribution < 1.29 is 9.59 Å². The van der Waals surface area contributed by atoms with Crippen LogP contribution in [0, 0.1) is 0 Å². The molecule has 2 amide bonds. The van der Waals surface area contributed by atoms with Gasteiger partial charge in [-0.15, -0.1) is 0 Å². The van der Waals surface area contributed by atoms with Gasteiger partial charge in [-0.3, -0.25) is 14.7 Å². The molecule has 2 aliphatic heterocycles. The third-order valence-electron chi connectivity index (χ3n) is 5.28. The molecule has 2 atom stereocenters. The molecule has 0 bridgehead atoms. The Balaban J connectivity index is 1.85. The summed E-state index contributed by atoms with van der Waals surface area (Å²) in [5, 5.41) is 7.27. The Hall–Kier alpha value is -1.93. The van der Waals surface area contributed by atoms with Crippen molar-refractivity contribution in [2.24, 2.45) is 5.73 Å². The van der Waals surface area contributed by atoms with Crippen LogP contribution in [0.3, 0.4) is 0 Å². The van der Waals surface area contributed by atoms with Gasteiger partial charge >= 0.3 is 0 Å². The van der Waals surface area contributed by atoms with Crippen LogP contribution in [0.5, 0.6) is 0 Å². The summed E-state index contributed by atoms with van der Waals surface area (Å²) < 4.78 is 0. The van der Waals surface area contributed by atoms with Gasteiger partial charge in [-0.05, 0) is 27.3 Å². The molecule has 138 valence electrons. The van der Waals surface area contributed by atoms with Gasteiger partial charge in [-0.1, -0.05) is 0 Å². The highest BCUT2D eigenvalue weighted by Crippen LogP contribution is 2.25. The summed E-state index contributed by atoms with van der Waals surface area (Å²) in [6.07, 6.45) is 1.36. The van der Waals surface area contributed by atoms with Gasteiger partial charge in [0.1, 0.15) is 6.04 Å². The number of nitrogens with two attached hydrogens (primary N) is 1. The van der Waals surface area contributed by atoms with Gasteiger partial charge in [0.15, 0.2) is 5.69 Å². The molecule has 1 saturated heterocycles. The Kier molecular flexibility index (Phi) is 5.10. The second-order valence-corrected chi connectivity index (χ2v) is 7.00. The lowest BCUT2D eigenvalue weighted by Crippen LogP contribution is -2.48. The van der Waals surface area contributed by atoms with Crippen LogP contribution in [0.15, 0.2) is 0 Å². The van der Waals surface area contributed by atoms with E-state index in [1.807, 2.05) is 20.9 Å². The minimum Gasteiger partial charge on any atom is -0.341 e. The molecule has 1 aromatic rings. The van der Waals surface area contributed by atoms with Gasteiger partial charge in [0, 0.05) is 56.4 Å². The van der Waals surface area contributed by atoms with E-state index in [1.165, 1.54) is 0 Å². The molecule has 0 spiro atoms. The number of carbonyl (C=O) groups excluding carboxylic acids is 2. The van der Waals surface area contributed by atoms with Crippen molar-refractivity contribution in [1.29, 1.82) is 0 Å². The number of hydrogen-bond donors (Lipinski definition) is 2. The summed E-state index contributed by atoms with van der Waals surface area (Å²) in [5.41, 5.74) is 8.50. The maximum atomic E-state index is 13.1. The monoisotopic (exact) mass is 348 g/mol. The quantitative estimate of drug-likeness (QED) is 0.786. The first-order valence-electron chi connectivity index (χ1n) is 9.06. The number of carbonyl (C=O) groups is 2. The molecule has 3 rings (SSSR count). The zero-order chi connectivity index (χ0) is 18.1. The number of likely N-dealkylation sites (N-methyl/N-ethyl adjacent to an activating group) is 2. The van der Waals surface area contributed by atoms with Crippen LogP contribution in [0.2, 0.25) is 0 Å². The molecule has 0 saturated carbocycles. The first kappa shape index (κ1) is 17.9. The molecule has 3 N–H and O–H groups in total. The van der Waals surface area contributed by atoms with Gasteiger partial charge < -0.3 is 20.4 Å². The molecule has 25 heavy (non-hydrogen) atoms. The number of nitrogens with one attached hydrogen (secondary N) is 1. The smallest absolute Gasteiger partial charge is 0.275 e. The molecule has 0 radical (unpaired) electrons. The van der Waals surface area contributed by atoms with Crippen LogP contribution in [0.1, 0.15) is 42.0 Å². The maximum absolute atomic E-state index is 13.1. The highest BCUT2D eigenvalue weighted by molar-refractivity contribution is 5.98. The van der Waals surface area contributed by atoms with E-state index in [0.717, 1.165) is 24.2 Å². The third kappa shape index (κ3) is 3.28. The fraction of sp³-hybridized carbons (Fsp3) is 0.706. The second kappa shape index (κ2) is 7.13. The summed E-state index contributed by atoms with van der Waals surface area (Å²) in [5.74, 6) is -0.209. The van der Waals surface area contributed by atoms with Crippen LogP contribution in [-0.4, -0.2) is 82.0 Å². The van der Waals surface area contributed by atoms with Gasteiger partial charge in [-0.25, -0.2) is 0 Å². The topological polar surface area (TPSA) is 98.6 Å². The molecule has 8 nitrogen and oxygen atoms in total. The van der Waals surface area contributed by atoms with Gasteiger partial charge in [0.05, 0.1) is 0 Å². The molecule has 3 heterocycles. The van der Waals surface area contributed by atoms with E-state index in [2.05, 4.69) is 15.1 Å². The SMILES string of the molecule is CCN(CC)C(=O)[C@@H]1C[C@H](N)CN1C(=O)c1n[nH]c2c1CN(C)CC2. The van der Waals surface area contributed by atoms with Crippen molar-refractivity contribution in [2.75, 3.05) is 33.2 Å². The van der Waals surface area contributed by atoms with E-state index in [4.69, 9.17) is 5.73 Å². The lowest BCUT2D eigenvalue weighted by Gasteiger charge is -2.29. The highest BCUT2D eigenvalue weighted by atomic mass is 16.2. The highest BCUT2D eigenvalue weighted by Gasteiger charge is 2.41. The van der Waals surface area contributed by atoms with Crippen LogP contribution in [0.4, 0.5) is 0 Å². The van der Waals surface area contributed by atoms with E-state index in [-0.39, 0.29) is 17.9 Å². The van der Waals surface area contributed by atoms with Crippen molar-refractivity contribution in [3.05, 3.63) is 17.0 Å². The number of amides is 2. The molecule has 1 fully saturated rings. The van der Waals surface area contributed by atoms with Crippen molar-refractivity contribution in [3.63, 3.8) is 0 Å². The minimum atomic E-state index is -0.490. The summed E-state index contributed by atoms with van der Waals surface area (Å²) >= 11 is 0. The summed E-state index contributed by atoms with van der Waals surface area (Å²) in [6.45, 7) is 7.19. The van der Waals surface area contributed by atoms with E-state index in [9.17, 15) is 9.59 Å². The molecule has 0 aromatic carbocycles. The summed E-state index contributed by atoms with van der Waals surface area (Å²) in [4.78, 5) is 31.5. The molecule has 8 heteroatoms. The number of nitrogens with zero attached hydrogens (tertiary/aromatic N) is 4. The fourth-order valence-electron chi connectivity index (χ4n) is 3.82. The predicted molar refractivity (Wildman–Crippen MR) is 94.0 cm³/mol. The Labute approximate surface area is 148 Å². The van der Waals surface area contributed by atoms with Crippen LogP contribution in [0.25, 0.3) is 0 Å². The van der Waals surface area contributed by atoms with Crippen LogP contribution in [-0.2, 0) is 17.8 Å². The molecule has 0 aliphatic carbocycles. The van der Waals surface area contributed by atoms with E-state index in [0.29, 0.717) is 38.3 Å². The summed E-state index contributed by atoms with van der Waals surface area (Å²) in [6, 6.07) is -0.665. The van der Waals surface area contributed by atoms with Gasteiger partial charge in [0.25, 0.3) is 5.91 Å². The minimum absolute atomic E-state index is 0.0205. The first-order valence-corrected chi connectivity index (χ1v) is 9.06. The number of H-pyrrole nitrogens is 1. The molecule has 2 aliphatic rings. The maximum Gasteiger partial charge on any atom is 0.275 e. The number of aromatic amines is 1. The molecule has 1 aromatic heterocycles. The number of aromatic nitrogens is 2. The number of fused-ring (bicyclic) bond motifs is 1. The first-order chi connectivity index (χ1) is 12.0. The Morgan fingerprint density at radius 3 is 2.76 bits per heavy atom. The Morgan fingerprint density at radius 1 is 1.36 bits per heavy atom. The van der Waals surface area contributed by atoms with E-state index >= 15 is 0 Å². The van der Waals surface area contributed by atoms with E-state index < -0.39 is 6.04 Å². The van der Waals surface area contributed by atoms with Gasteiger partial charge in [0.2, 0.25) is 5.91 Å². The zero-order valence-corrected chi connectivity index (χ0v) is 15.3. The lowest BCUT2D eigenvalue weighted by molar-refractivity contribution is -0.134. The number of hydrogen-bond acceptors (Lipinski definition) is 5. The fourth-order valence-corrected chi connectivity index (χ4v) is 3.82. The van der Waals surface area contributed by atoms with Crippen molar-refractivity contribution in [1.82, 2.24) is 24.9 Å². The average molecular weight is 348 g/mol. The third-order valence-corrected chi connectivity index (χ3v) is 5.28. The largest absolute Gasteiger partial charge is 0.341 e. The average Bonchev–Trinajstić information content (AvgIpc) is 3.18. The standard InChI is InChI=1S/C17H28N6O2/c1-4-22(5-2)16(24)14-8-11(18)9-23(14)17(25)15-12-10-21(3)7-6-13(12)19-20-15/h11,14H,4-10,18H2,1-3H3,(H,19,20)/t11-,14-/m0/s1. The van der Waals surface area contributed by atoms with Crippen molar-refractivity contribution in [3.8, 4) is 0 Å². The zero-order valence-electron chi connectivity index (χ0n) is 15.3. The Bertz CT molecular complexity index is 654. The normalized spacial score (nSPS) is 23.6. The lowest BCUT2D eigenvalue weighted by atomic mass is 10.0. The predicted octanol–water partition coefficient (Wildman–Crippen LogP) is -0.192. The van der Waals surface area contributed by atoms with Gasteiger partial charge in [-0.2, -0.15) is 5.10 Å². The van der Waals surface area contributed by atoms with Crippen LogP contribution >= 0.6 is 0 Å².